The Morgan fingerprint density at radius 2 is 2.28 bits per heavy atom. The maximum Gasteiger partial charge on any atom is 0.255 e. The molecule has 2 unspecified atom stereocenters. The average molecular weight is 269 g/mol. The zero-order valence-corrected chi connectivity index (χ0v) is 10.9. The number of aromatic nitrogens is 1. The van der Waals surface area contributed by atoms with E-state index in [1.54, 1.807) is 0 Å². The van der Waals surface area contributed by atoms with Gasteiger partial charge in [-0.1, -0.05) is 12.8 Å². The van der Waals surface area contributed by atoms with Gasteiger partial charge < -0.3 is 10.4 Å². The van der Waals surface area contributed by atoms with Crippen LogP contribution in [0.3, 0.4) is 0 Å². The van der Waals surface area contributed by atoms with E-state index in [1.807, 2.05) is 0 Å². The molecule has 5 heteroatoms. The molecule has 18 heavy (non-hydrogen) atoms. The third-order valence-electron chi connectivity index (χ3n) is 3.39. The molecule has 1 aliphatic carbocycles. The summed E-state index contributed by atoms with van der Waals surface area (Å²) in [5, 5.41) is 12.5. The molecular formula is C13H17ClN2O2. The summed E-state index contributed by atoms with van der Waals surface area (Å²) >= 11 is 6.23. The van der Waals surface area contributed by atoms with Gasteiger partial charge in [-0.25, -0.2) is 0 Å². The second-order valence-electron chi connectivity index (χ2n) is 4.66. The molecule has 1 heterocycles. The van der Waals surface area contributed by atoms with E-state index in [0.717, 1.165) is 12.8 Å². The third-order valence-corrected chi connectivity index (χ3v) is 3.96. The van der Waals surface area contributed by atoms with E-state index < -0.39 is 0 Å². The van der Waals surface area contributed by atoms with Gasteiger partial charge in [-0.15, -0.1) is 11.6 Å². The van der Waals surface area contributed by atoms with Crippen LogP contribution in [0.4, 0.5) is 0 Å². The van der Waals surface area contributed by atoms with Crippen LogP contribution in [0.25, 0.3) is 0 Å². The van der Waals surface area contributed by atoms with Crippen LogP contribution in [0.5, 0.6) is 5.75 Å². The molecule has 4 nitrogen and oxygen atoms in total. The normalized spacial score (nSPS) is 23.6. The van der Waals surface area contributed by atoms with Crippen molar-refractivity contribution in [1.29, 1.82) is 0 Å². The molecule has 2 N–H and O–H groups in total. The van der Waals surface area contributed by atoms with Crippen molar-refractivity contribution in [2.45, 2.75) is 31.1 Å². The Morgan fingerprint density at radius 1 is 1.50 bits per heavy atom. The van der Waals surface area contributed by atoms with Crippen molar-refractivity contribution in [3.8, 4) is 5.75 Å². The molecule has 0 radical (unpaired) electrons. The van der Waals surface area contributed by atoms with Crippen LogP contribution in [0.1, 0.15) is 36.0 Å². The zero-order valence-electron chi connectivity index (χ0n) is 10.1. The second kappa shape index (κ2) is 6.05. The van der Waals surface area contributed by atoms with Crippen molar-refractivity contribution in [3.63, 3.8) is 0 Å². The third kappa shape index (κ3) is 3.13. The Labute approximate surface area is 111 Å². The van der Waals surface area contributed by atoms with Crippen molar-refractivity contribution in [1.82, 2.24) is 10.3 Å². The second-order valence-corrected chi connectivity index (χ2v) is 5.22. The lowest BCUT2D eigenvalue weighted by Gasteiger charge is -2.27. The van der Waals surface area contributed by atoms with Gasteiger partial charge in [-0.2, -0.15) is 0 Å². The number of pyridine rings is 1. The number of nitrogens with zero attached hydrogens (tertiary/aromatic N) is 1. The van der Waals surface area contributed by atoms with Crippen LogP contribution in [-0.2, 0) is 0 Å². The molecular weight excluding hydrogens is 252 g/mol. The molecule has 1 aliphatic rings. The number of hydrogen-bond donors (Lipinski definition) is 2. The van der Waals surface area contributed by atoms with E-state index in [1.165, 1.54) is 31.3 Å². The molecule has 0 spiro atoms. The largest absolute Gasteiger partial charge is 0.505 e. The van der Waals surface area contributed by atoms with Gasteiger partial charge in [0.2, 0.25) is 0 Å². The Kier molecular flexibility index (Phi) is 4.42. The highest BCUT2D eigenvalue weighted by Gasteiger charge is 2.23. The summed E-state index contributed by atoms with van der Waals surface area (Å²) in [6.45, 7) is 0.564. The van der Waals surface area contributed by atoms with Gasteiger partial charge in [0, 0.05) is 18.1 Å². The molecule has 98 valence electrons. The van der Waals surface area contributed by atoms with E-state index in [-0.39, 0.29) is 22.6 Å². The molecule has 0 aromatic carbocycles. The zero-order chi connectivity index (χ0) is 13.0. The minimum atomic E-state index is -0.274. The van der Waals surface area contributed by atoms with Crippen LogP contribution < -0.4 is 5.32 Å². The first kappa shape index (κ1) is 13.1. The number of carbonyl (C=O) groups is 1. The van der Waals surface area contributed by atoms with Crippen molar-refractivity contribution in [3.05, 3.63) is 24.0 Å². The molecule has 0 saturated heterocycles. The van der Waals surface area contributed by atoms with Gasteiger partial charge in [0.1, 0.15) is 5.75 Å². The summed E-state index contributed by atoms with van der Waals surface area (Å²) < 4.78 is 0. The maximum absolute atomic E-state index is 11.9. The van der Waals surface area contributed by atoms with Gasteiger partial charge in [0.05, 0.1) is 11.8 Å². The summed E-state index contributed by atoms with van der Waals surface area (Å²) in [4.78, 5) is 15.6. The predicted octanol–water partition coefficient (Wildman–Crippen LogP) is 2.31. The summed E-state index contributed by atoms with van der Waals surface area (Å²) in [5.41, 5.74) is 0.256. The Bertz CT molecular complexity index is 425. The number of aromatic hydroxyl groups is 1. The molecule has 1 fully saturated rings. The number of rotatable bonds is 3. The Hall–Kier alpha value is -1.29. The molecule has 0 bridgehead atoms. The molecule has 2 atom stereocenters. The van der Waals surface area contributed by atoms with E-state index >= 15 is 0 Å². The fourth-order valence-corrected chi connectivity index (χ4v) is 2.66. The quantitative estimate of drug-likeness (QED) is 0.827. The van der Waals surface area contributed by atoms with Gasteiger partial charge in [0.15, 0.2) is 0 Å². The minimum Gasteiger partial charge on any atom is -0.505 e. The minimum absolute atomic E-state index is 0.0962. The standard InChI is InChI=1S/C13H17ClN2O2/c14-11-4-2-1-3-9(11)7-16-13(18)10-5-6-15-8-12(10)17/h5-6,8-9,11,17H,1-4,7H2,(H,16,18). The molecule has 0 aliphatic heterocycles. The van der Waals surface area contributed by atoms with Crippen molar-refractivity contribution in [2.24, 2.45) is 5.92 Å². The van der Waals surface area contributed by atoms with Crippen LogP contribution in [0.15, 0.2) is 18.5 Å². The Balaban J connectivity index is 1.90. The van der Waals surface area contributed by atoms with Crippen molar-refractivity contribution in [2.75, 3.05) is 6.54 Å². The van der Waals surface area contributed by atoms with E-state index in [0.29, 0.717) is 12.5 Å². The molecule has 1 saturated carbocycles. The summed E-state index contributed by atoms with van der Waals surface area (Å²) in [7, 11) is 0. The van der Waals surface area contributed by atoms with Crippen LogP contribution >= 0.6 is 11.6 Å². The first-order valence-corrected chi connectivity index (χ1v) is 6.67. The van der Waals surface area contributed by atoms with Gasteiger partial charge in [-0.3, -0.25) is 9.78 Å². The monoisotopic (exact) mass is 268 g/mol. The summed E-state index contributed by atoms with van der Waals surface area (Å²) in [6.07, 6.45) is 7.16. The fourth-order valence-electron chi connectivity index (χ4n) is 2.29. The highest BCUT2D eigenvalue weighted by Crippen LogP contribution is 2.28. The highest BCUT2D eigenvalue weighted by atomic mass is 35.5. The number of halogens is 1. The number of carbonyl (C=O) groups excluding carboxylic acids is 1. The molecule has 1 aromatic rings. The number of amides is 1. The predicted molar refractivity (Wildman–Crippen MR) is 69.8 cm³/mol. The fraction of sp³-hybridized carbons (Fsp3) is 0.538. The van der Waals surface area contributed by atoms with E-state index in [4.69, 9.17) is 11.6 Å². The lowest BCUT2D eigenvalue weighted by atomic mass is 9.88. The lowest BCUT2D eigenvalue weighted by Crippen LogP contribution is -2.34. The molecule has 1 amide bonds. The summed E-state index contributed by atoms with van der Waals surface area (Å²) in [6, 6.07) is 1.50. The first-order chi connectivity index (χ1) is 8.68. The maximum atomic E-state index is 11.9. The van der Waals surface area contributed by atoms with Crippen molar-refractivity contribution >= 4 is 17.5 Å². The summed E-state index contributed by atoms with van der Waals surface area (Å²) in [5.74, 6) is -0.0428. The number of alkyl halides is 1. The topological polar surface area (TPSA) is 62.2 Å². The van der Waals surface area contributed by atoms with Crippen LogP contribution in [0.2, 0.25) is 0 Å². The molecule has 1 aromatic heterocycles. The van der Waals surface area contributed by atoms with Crippen LogP contribution in [-0.4, -0.2) is 27.9 Å². The van der Waals surface area contributed by atoms with Gasteiger partial charge >= 0.3 is 0 Å². The van der Waals surface area contributed by atoms with Crippen LogP contribution in [0, 0.1) is 5.92 Å². The highest BCUT2D eigenvalue weighted by molar-refractivity contribution is 6.20. The van der Waals surface area contributed by atoms with Crippen molar-refractivity contribution < 1.29 is 9.90 Å². The lowest BCUT2D eigenvalue weighted by molar-refractivity contribution is 0.0941. The first-order valence-electron chi connectivity index (χ1n) is 6.23. The number of hydrogen-bond acceptors (Lipinski definition) is 3. The van der Waals surface area contributed by atoms with Gasteiger partial charge in [-0.05, 0) is 24.8 Å². The van der Waals surface area contributed by atoms with Gasteiger partial charge in [0.25, 0.3) is 5.91 Å². The number of nitrogens with one attached hydrogen (secondary N) is 1. The molecule has 2 rings (SSSR count). The van der Waals surface area contributed by atoms with E-state index in [9.17, 15) is 9.90 Å². The smallest absolute Gasteiger partial charge is 0.255 e. The Morgan fingerprint density at radius 3 is 3.00 bits per heavy atom. The average Bonchev–Trinajstić information content (AvgIpc) is 2.38. The SMILES string of the molecule is O=C(NCC1CCCCC1Cl)c1ccncc1O. The van der Waals surface area contributed by atoms with E-state index in [2.05, 4.69) is 10.3 Å².